The summed E-state index contributed by atoms with van der Waals surface area (Å²) in [5, 5.41) is 11.2. The number of carbonyl (C=O) groups excluding carboxylic acids is 1. The molecule has 1 atom stereocenters. The van der Waals surface area contributed by atoms with Crippen molar-refractivity contribution in [2.45, 2.75) is 25.9 Å². The van der Waals surface area contributed by atoms with Gasteiger partial charge in [0.2, 0.25) is 5.78 Å². The van der Waals surface area contributed by atoms with Crippen LogP contribution < -0.4 is 0 Å². The van der Waals surface area contributed by atoms with Crippen LogP contribution in [0.25, 0.3) is 0 Å². The van der Waals surface area contributed by atoms with Gasteiger partial charge in [-0.15, -0.1) is 11.3 Å². The lowest BCUT2D eigenvalue weighted by Crippen LogP contribution is -2.09. The second-order valence-corrected chi connectivity index (χ2v) is 5.41. The minimum absolute atomic E-state index is 0.0656. The van der Waals surface area contributed by atoms with Crippen LogP contribution in [-0.2, 0) is 13.5 Å². The van der Waals surface area contributed by atoms with Crippen LogP contribution in [0.1, 0.15) is 34.4 Å². The lowest BCUT2D eigenvalue weighted by Gasteiger charge is -2.07. The van der Waals surface area contributed by atoms with Crippen molar-refractivity contribution in [3.63, 3.8) is 0 Å². The number of aromatic nitrogens is 1. The van der Waals surface area contributed by atoms with Gasteiger partial charge in [0.15, 0.2) is 0 Å². The summed E-state index contributed by atoms with van der Waals surface area (Å²) in [5.41, 5.74) is 1.79. The second kappa shape index (κ2) is 5.50. The van der Waals surface area contributed by atoms with Crippen LogP contribution in [0, 0.1) is 0 Å². The van der Waals surface area contributed by atoms with Crippen molar-refractivity contribution >= 4 is 17.1 Å². The molecule has 0 saturated carbocycles. The molecule has 2 heterocycles. The van der Waals surface area contributed by atoms with Crippen molar-refractivity contribution in [3.05, 3.63) is 45.9 Å². The molecule has 0 aliphatic rings. The third-order valence-corrected chi connectivity index (χ3v) is 3.89. The minimum Gasteiger partial charge on any atom is -0.393 e. The third kappa shape index (κ3) is 2.71. The second-order valence-electron chi connectivity index (χ2n) is 4.46. The zero-order valence-corrected chi connectivity index (χ0v) is 11.4. The molecule has 2 aromatic rings. The molecule has 0 saturated heterocycles. The Kier molecular flexibility index (Phi) is 3.99. The van der Waals surface area contributed by atoms with Crippen LogP contribution in [0.5, 0.6) is 0 Å². The summed E-state index contributed by atoms with van der Waals surface area (Å²) in [6.07, 6.45) is 1.19. The smallest absolute Gasteiger partial charge is 0.219 e. The van der Waals surface area contributed by atoms with E-state index in [9.17, 15) is 9.90 Å². The topological polar surface area (TPSA) is 42.2 Å². The molecule has 1 N–H and O–H groups in total. The van der Waals surface area contributed by atoms with Gasteiger partial charge in [0.05, 0.1) is 16.7 Å². The van der Waals surface area contributed by atoms with E-state index in [1.54, 1.807) is 6.92 Å². The number of aliphatic hydroxyl groups excluding tert-OH is 1. The highest BCUT2D eigenvalue weighted by Gasteiger charge is 2.15. The van der Waals surface area contributed by atoms with Crippen LogP contribution >= 0.6 is 11.3 Å². The molecule has 0 amide bonds. The fourth-order valence-electron chi connectivity index (χ4n) is 1.92. The monoisotopic (exact) mass is 263 g/mol. The van der Waals surface area contributed by atoms with E-state index in [1.165, 1.54) is 11.3 Å². The molecule has 0 bridgehead atoms. The average molecular weight is 263 g/mol. The first kappa shape index (κ1) is 13.1. The third-order valence-electron chi connectivity index (χ3n) is 3.02. The highest BCUT2D eigenvalue weighted by molar-refractivity contribution is 7.12. The van der Waals surface area contributed by atoms with E-state index in [2.05, 4.69) is 0 Å². The first-order valence-electron chi connectivity index (χ1n) is 6.00. The molecule has 0 radical (unpaired) electrons. The number of hydrogen-bond donors (Lipinski definition) is 1. The van der Waals surface area contributed by atoms with E-state index < -0.39 is 0 Å². The maximum absolute atomic E-state index is 12.2. The van der Waals surface area contributed by atoms with E-state index in [0.717, 1.165) is 17.0 Å². The Bertz CT molecular complexity index is 526. The Hall–Kier alpha value is -1.39. The molecule has 96 valence electrons. The summed E-state index contributed by atoms with van der Waals surface area (Å²) in [5.74, 6) is 0.0656. The molecule has 2 aromatic heterocycles. The number of hydrogen-bond acceptors (Lipinski definition) is 3. The van der Waals surface area contributed by atoms with Crippen molar-refractivity contribution in [2.24, 2.45) is 7.05 Å². The summed E-state index contributed by atoms with van der Waals surface area (Å²) < 4.78 is 1.92. The number of aliphatic hydroxyl groups is 1. The van der Waals surface area contributed by atoms with Gasteiger partial charge in [-0.2, -0.15) is 0 Å². The molecule has 4 heteroatoms. The van der Waals surface area contributed by atoms with Crippen molar-refractivity contribution in [2.75, 3.05) is 0 Å². The first-order chi connectivity index (χ1) is 8.59. The Morgan fingerprint density at radius 3 is 2.83 bits per heavy atom. The van der Waals surface area contributed by atoms with Crippen molar-refractivity contribution in [1.82, 2.24) is 4.57 Å². The Morgan fingerprint density at radius 1 is 1.44 bits per heavy atom. The number of thiophene rings is 1. The van der Waals surface area contributed by atoms with Gasteiger partial charge in [-0.25, -0.2) is 0 Å². The maximum atomic E-state index is 12.2. The van der Waals surface area contributed by atoms with E-state index in [4.69, 9.17) is 0 Å². The Balaban J connectivity index is 2.18. The quantitative estimate of drug-likeness (QED) is 0.843. The number of rotatable bonds is 5. The summed E-state index contributed by atoms with van der Waals surface area (Å²) in [6.45, 7) is 1.78. The van der Waals surface area contributed by atoms with Gasteiger partial charge in [0.1, 0.15) is 0 Å². The van der Waals surface area contributed by atoms with Crippen LogP contribution in [0.15, 0.2) is 29.6 Å². The van der Waals surface area contributed by atoms with Crippen LogP contribution in [0.4, 0.5) is 0 Å². The van der Waals surface area contributed by atoms with Crippen LogP contribution in [0.3, 0.4) is 0 Å². The molecule has 2 rings (SSSR count). The molecule has 18 heavy (non-hydrogen) atoms. The Labute approximate surface area is 111 Å². The number of ketones is 1. The molecular weight excluding hydrogens is 246 g/mol. The standard InChI is InChI=1S/C14H17NO2S/c1-10(16)5-6-11-7-8-12(15(11)2)14(17)13-4-3-9-18-13/h3-4,7-10,16H,5-6H2,1-2H3. The Morgan fingerprint density at radius 2 is 2.22 bits per heavy atom. The predicted octanol–water partition coefficient (Wildman–Crippen LogP) is 2.63. The zero-order chi connectivity index (χ0) is 13.1. The van der Waals surface area contributed by atoms with Gasteiger partial charge in [0.25, 0.3) is 0 Å². The largest absolute Gasteiger partial charge is 0.393 e. The molecule has 0 fully saturated rings. The van der Waals surface area contributed by atoms with Crippen LogP contribution in [-0.4, -0.2) is 21.6 Å². The fourth-order valence-corrected chi connectivity index (χ4v) is 2.60. The molecular formula is C14H17NO2S. The van der Waals surface area contributed by atoms with Gasteiger partial charge in [0, 0.05) is 12.7 Å². The molecule has 3 nitrogen and oxygen atoms in total. The molecule has 0 aliphatic carbocycles. The van der Waals surface area contributed by atoms with Gasteiger partial charge in [-0.1, -0.05) is 6.07 Å². The molecule has 0 aliphatic heterocycles. The molecule has 1 unspecified atom stereocenters. The highest BCUT2D eigenvalue weighted by Crippen LogP contribution is 2.18. The summed E-state index contributed by atoms with van der Waals surface area (Å²) in [4.78, 5) is 13.0. The van der Waals surface area contributed by atoms with E-state index in [1.807, 2.05) is 41.3 Å². The van der Waals surface area contributed by atoms with Crippen molar-refractivity contribution in [1.29, 1.82) is 0 Å². The van der Waals surface area contributed by atoms with Gasteiger partial charge >= 0.3 is 0 Å². The summed E-state index contributed by atoms with van der Waals surface area (Å²) in [7, 11) is 1.90. The molecule has 0 spiro atoms. The van der Waals surface area contributed by atoms with E-state index in [0.29, 0.717) is 12.1 Å². The van der Waals surface area contributed by atoms with Gasteiger partial charge in [-0.3, -0.25) is 4.79 Å². The summed E-state index contributed by atoms with van der Waals surface area (Å²) in [6, 6.07) is 7.55. The zero-order valence-electron chi connectivity index (χ0n) is 10.6. The van der Waals surface area contributed by atoms with Gasteiger partial charge in [-0.05, 0) is 43.3 Å². The predicted molar refractivity (Wildman–Crippen MR) is 73.2 cm³/mol. The maximum Gasteiger partial charge on any atom is 0.219 e. The SMILES string of the molecule is CC(O)CCc1ccc(C(=O)c2cccs2)n1C. The lowest BCUT2D eigenvalue weighted by molar-refractivity contribution is 0.103. The number of aryl methyl sites for hydroxylation is 1. The lowest BCUT2D eigenvalue weighted by atomic mass is 10.2. The first-order valence-corrected chi connectivity index (χ1v) is 6.88. The van der Waals surface area contributed by atoms with Crippen molar-refractivity contribution < 1.29 is 9.90 Å². The van der Waals surface area contributed by atoms with Crippen molar-refractivity contribution in [3.8, 4) is 0 Å². The highest BCUT2D eigenvalue weighted by atomic mass is 32.1. The fraction of sp³-hybridized carbons (Fsp3) is 0.357. The van der Waals surface area contributed by atoms with E-state index in [-0.39, 0.29) is 11.9 Å². The molecule has 0 aromatic carbocycles. The summed E-state index contributed by atoms with van der Waals surface area (Å²) >= 11 is 1.46. The number of carbonyl (C=O) groups is 1. The van der Waals surface area contributed by atoms with E-state index >= 15 is 0 Å². The normalized spacial score (nSPS) is 12.6. The average Bonchev–Trinajstić information content (AvgIpc) is 2.95. The van der Waals surface area contributed by atoms with Gasteiger partial charge < -0.3 is 9.67 Å². The number of nitrogens with zero attached hydrogens (tertiary/aromatic N) is 1. The van der Waals surface area contributed by atoms with Crippen LogP contribution in [0.2, 0.25) is 0 Å². The minimum atomic E-state index is -0.309.